The molecule has 0 amide bonds. The summed E-state index contributed by atoms with van der Waals surface area (Å²) in [6.45, 7) is 2.50. The topological polar surface area (TPSA) is 50.2 Å². The highest BCUT2D eigenvalue weighted by atomic mass is 32.1. The van der Waals surface area contributed by atoms with Gasteiger partial charge in [0.1, 0.15) is 0 Å². The van der Waals surface area contributed by atoms with Crippen LogP contribution in [0.15, 0.2) is 59.5 Å². The maximum atomic E-state index is 12.2. The first-order valence-electron chi connectivity index (χ1n) is 9.28. The summed E-state index contributed by atoms with van der Waals surface area (Å²) in [7, 11) is 0. The molecular weight excluding hydrogens is 356 g/mol. The van der Waals surface area contributed by atoms with Gasteiger partial charge in [-0.3, -0.25) is 9.78 Å². The summed E-state index contributed by atoms with van der Waals surface area (Å²) in [5.74, 6) is 0.797. The molecular formula is C21H20N4OS. The maximum absolute atomic E-state index is 12.2. The maximum Gasteiger partial charge on any atom is 0.250 e. The first kappa shape index (κ1) is 16.4. The molecule has 5 nitrogen and oxygen atoms in total. The van der Waals surface area contributed by atoms with Crippen molar-refractivity contribution >= 4 is 33.9 Å². The number of anilines is 1. The number of rotatable bonds is 1. The number of hydrogen-bond acceptors (Lipinski definition) is 3. The van der Waals surface area contributed by atoms with E-state index < -0.39 is 0 Å². The summed E-state index contributed by atoms with van der Waals surface area (Å²) < 4.78 is 1.95. The first-order valence-corrected chi connectivity index (χ1v) is 9.69. The number of benzene rings is 1. The number of nitrogens with zero attached hydrogens (tertiary/aromatic N) is 3. The number of piperidine rings is 1. The molecule has 1 aromatic carbocycles. The molecule has 27 heavy (non-hydrogen) atoms. The van der Waals surface area contributed by atoms with Gasteiger partial charge >= 0.3 is 0 Å². The van der Waals surface area contributed by atoms with E-state index in [1.807, 2.05) is 34.9 Å². The van der Waals surface area contributed by atoms with E-state index in [0.717, 1.165) is 53.5 Å². The predicted molar refractivity (Wildman–Crippen MR) is 111 cm³/mol. The van der Waals surface area contributed by atoms with Crippen molar-refractivity contribution in [1.29, 1.82) is 0 Å². The van der Waals surface area contributed by atoms with Crippen LogP contribution in [0.25, 0.3) is 10.9 Å². The summed E-state index contributed by atoms with van der Waals surface area (Å²) >= 11 is 5.75. The average Bonchev–Trinajstić information content (AvgIpc) is 2.69. The molecule has 2 aliphatic heterocycles. The van der Waals surface area contributed by atoms with Crippen LogP contribution in [0, 0.1) is 5.92 Å². The Bertz CT molecular complexity index is 1090. The van der Waals surface area contributed by atoms with Gasteiger partial charge in [-0.15, -0.1) is 0 Å². The molecule has 2 bridgehead atoms. The van der Waals surface area contributed by atoms with Crippen LogP contribution in [-0.4, -0.2) is 32.7 Å². The van der Waals surface area contributed by atoms with E-state index in [0.29, 0.717) is 11.8 Å². The smallest absolute Gasteiger partial charge is 0.250 e. The fourth-order valence-electron chi connectivity index (χ4n) is 4.47. The zero-order valence-electron chi connectivity index (χ0n) is 14.8. The van der Waals surface area contributed by atoms with Crippen LogP contribution in [0.3, 0.4) is 0 Å². The van der Waals surface area contributed by atoms with E-state index in [2.05, 4.69) is 27.3 Å². The van der Waals surface area contributed by atoms with Crippen molar-refractivity contribution in [3.63, 3.8) is 0 Å². The number of hydrogen-bond donors (Lipinski definition) is 1. The standard InChI is InChI=1S/C21H20N4OS/c26-20-8-2-7-19-15-10-14(12-25(19)20)11-24(13-15)21(27)23-18-6-1-5-17-16(18)4-3-9-22-17/h1-9,14-15H,10-13H2,(H,23,27)/t14-,15+/m0/s1. The Morgan fingerprint density at radius 1 is 1.07 bits per heavy atom. The summed E-state index contributed by atoms with van der Waals surface area (Å²) in [5.41, 5.74) is 3.19. The van der Waals surface area contributed by atoms with Crippen LogP contribution in [0.4, 0.5) is 5.69 Å². The molecule has 2 aromatic heterocycles. The van der Waals surface area contributed by atoms with Crippen molar-refractivity contribution in [2.45, 2.75) is 18.9 Å². The lowest BCUT2D eigenvalue weighted by molar-refractivity contribution is 0.180. The molecule has 4 heterocycles. The van der Waals surface area contributed by atoms with Crippen molar-refractivity contribution in [3.05, 3.63) is 70.8 Å². The zero-order valence-corrected chi connectivity index (χ0v) is 15.7. The molecule has 2 aliphatic rings. The van der Waals surface area contributed by atoms with Crippen LogP contribution in [0.5, 0.6) is 0 Å². The summed E-state index contributed by atoms with van der Waals surface area (Å²) in [6.07, 6.45) is 2.93. The number of fused-ring (bicyclic) bond motifs is 5. The Balaban J connectivity index is 1.40. The molecule has 2 atom stereocenters. The Morgan fingerprint density at radius 2 is 1.96 bits per heavy atom. The van der Waals surface area contributed by atoms with Crippen LogP contribution >= 0.6 is 12.2 Å². The van der Waals surface area contributed by atoms with Crippen LogP contribution in [-0.2, 0) is 6.54 Å². The lowest BCUT2D eigenvalue weighted by atomic mass is 9.83. The third-order valence-electron chi connectivity index (χ3n) is 5.65. The zero-order chi connectivity index (χ0) is 18.4. The van der Waals surface area contributed by atoms with Gasteiger partial charge in [-0.05, 0) is 54.9 Å². The summed E-state index contributed by atoms with van der Waals surface area (Å²) in [5, 5.41) is 5.24. The Kier molecular flexibility index (Phi) is 3.93. The monoisotopic (exact) mass is 376 g/mol. The number of aromatic nitrogens is 2. The largest absolute Gasteiger partial charge is 0.348 e. The quantitative estimate of drug-likeness (QED) is 0.661. The molecule has 0 saturated carbocycles. The molecule has 0 aliphatic carbocycles. The predicted octanol–water partition coefficient (Wildman–Crippen LogP) is 3.21. The molecule has 0 radical (unpaired) electrons. The van der Waals surface area contributed by atoms with Gasteiger partial charge in [0.2, 0.25) is 0 Å². The lowest BCUT2D eigenvalue weighted by Gasteiger charge is -2.43. The Hall–Kier alpha value is -2.73. The minimum atomic E-state index is 0.111. The van der Waals surface area contributed by atoms with Gasteiger partial charge in [0.05, 0.1) is 5.52 Å². The molecule has 1 saturated heterocycles. The molecule has 136 valence electrons. The van der Waals surface area contributed by atoms with Crippen molar-refractivity contribution in [2.75, 3.05) is 18.4 Å². The van der Waals surface area contributed by atoms with E-state index in [9.17, 15) is 4.79 Å². The van der Waals surface area contributed by atoms with Gasteiger partial charge < -0.3 is 14.8 Å². The van der Waals surface area contributed by atoms with Crippen molar-refractivity contribution in [3.8, 4) is 0 Å². The van der Waals surface area contributed by atoms with Crippen LogP contribution in [0.2, 0.25) is 0 Å². The Labute approximate surface area is 162 Å². The molecule has 0 spiro atoms. The van der Waals surface area contributed by atoms with Gasteiger partial charge in [-0.2, -0.15) is 0 Å². The van der Waals surface area contributed by atoms with E-state index in [1.165, 1.54) is 0 Å². The SMILES string of the molecule is O=c1cccc2n1C[C@H]1C[C@@H]2CN(C(=S)Nc2cccc3ncccc23)C1. The van der Waals surface area contributed by atoms with Gasteiger partial charge in [-0.1, -0.05) is 12.1 Å². The minimum absolute atomic E-state index is 0.111. The molecule has 5 rings (SSSR count). The molecule has 1 N–H and O–H groups in total. The van der Waals surface area contributed by atoms with E-state index in [1.54, 1.807) is 12.3 Å². The van der Waals surface area contributed by atoms with Crippen molar-refractivity contribution < 1.29 is 0 Å². The number of likely N-dealkylation sites (tertiary alicyclic amines) is 1. The average molecular weight is 376 g/mol. The van der Waals surface area contributed by atoms with Gasteiger partial charge in [0.25, 0.3) is 5.56 Å². The fourth-order valence-corrected chi connectivity index (χ4v) is 4.73. The lowest BCUT2D eigenvalue weighted by Crippen LogP contribution is -2.50. The third kappa shape index (κ3) is 2.90. The number of pyridine rings is 2. The molecule has 6 heteroatoms. The van der Waals surface area contributed by atoms with Crippen LogP contribution < -0.4 is 10.9 Å². The molecule has 0 unspecified atom stereocenters. The minimum Gasteiger partial charge on any atom is -0.348 e. The molecule has 1 fully saturated rings. The van der Waals surface area contributed by atoms with Gasteiger partial charge in [0.15, 0.2) is 5.11 Å². The highest BCUT2D eigenvalue weighted by molar-refractivity contribution is 7.80. The highest BCUT2D eigenvalue weighted by Crippen LogP contribution is 2.35. The normalized spacial score (nSPS) is 21.0. The third-order valence-corrected chi connectivity index (χ3v) is 6.01. The van der Waals surface area contributed by atoms with Crippen LogP contribution in [0.1, 0.15) is 18.0 Å². The van der Waals surface area contributed by atoms with Gasteiger partial charge in [0, 0.05) is 54.6 Å². The summed E-state index contributed by atoms with van der Waals surface area (Å²) in [4.78, 5) is 18.8. The van der Waals surface area contributed by atoms with Crippen molar-refractivity contribution in [2.24, 2.45) is 5.92 Å². The summed E-state index contributed by atoms with van der Waals surface area (Å²) in [6, 6.07) is 15.6. The van der Waals surface area contributed by atoms with Gasteiger partial charge in [-0.25, -0.2) is 0 Å². The van der Waals surface area contributed by atoms with E-state index in [-0.39, 0.29) is 5.56 Å². The second-order valence-electron chi connectivity index (χ2n) is 7.41. The Morgan fingerprint density at radius 3 is 2.89 bits per heavy atom. The van der Waals surface area contributed by atoms with E-state index >= 15 is 0 Å². The number of thiocarbonyl (C=S) groups is 1. The number of nitrogens with one attached hydrogen (secondary N) is 1. The second kappa shape index (κ2) is 6.46. The highest BCUT2D eigenvalue weighted by Gasteiger charge is 2.35. The first-order chi connectivity index (χ1) is 13.2. The fraction of sp³-hybridized carbons (Fsp3) is 0.286. The second-order valence-corrected chi connectivity index (χ2v) is 7.80. The van der Waals surface area contributed by atoms with Crippen molar-refractivity contribution in [1.82, 2.24) is 14.5 Å². The molecule has 3 aromatic rings. The van der Waals surface area contributed by atoms with E-state index in [4.69, 9.17) is 12.2 Å².